The summed E-state index contributed by atoms with van der Waals surface area (Å²) < 4.78 is 36.4. The number of rotatable bonds is 7. The Kier molecular flexibility index (Phi) is 5.83. The predicted molar refractivity (Wildman–Crippen MR) is 103 cm³/mol. The van der Waals surface area contributed by atoms with Gasteiger partial charge in [0.2, 0.25) is 5.95 Å². The summed E-state index contributed by atoms with van der Waals surface area (Å²) in [5.41, 5.74) is 3.30. The predicted octanol–water partition coefficient (Wildman–Crippen LogP) is 3.47. The summed E-state index contributed by atoms with van der Waals surface area (Å²) in [6.45, 7) is -0.819. The Morgan fingerprint density at radius 2 is 2.04 bits per heavy atom. The maximum atomic E-state index is 12.7. The molecule has 0 radical (unpaired) electrons. The largest absolute Gasteiger partial charge is 0.493 e. The first kappa shape index (κ1) is 19.3. The lowest BCUT2D eigenvalue weighted by atomic mass is 10.2. The van der Waals surface area contributed by atoms with Crippen LogP contribution in [0.1, 0.15) is 12.5 Å². The molecular weight excluding hydrogens is 370 g/mol. The third-order valence-corrected chi connectivity index (χ3v) is 3.98. The van der Waals surface area contributed by atoms with Crippen LogP contribution in [-0.4, -0.2) is 29.5 Å². The number of benzene rings is 2. The van der Waals surface area contributed by atoms with Gasteiger partial charge >= 0.3 is 6.61 Å². The van der Waals surface area contributed by atoms with Crippen molar-refractivity contribution in [1.82, 2.24) is 9.55 Å². The molecule has 0 amide bonds. The van der Waals surface area contributed by atoms with E-state index in [1.165, 1.54) is 24.0 Å². The molecule has 0 spiro atoms. The van der Waals surface area contributed by atoms with Crippen LogP contribution >= 0.6 is 0 Å². The normalized spacial score (nSPS) is 11.3. The molecule has 0 fully saturated rings. The lowest BCUT2D eigenvalue weighted by Gasteiger charge is -2.12. The highest BCUT2D eigenvalue weighted by Gasteiger charge is 2.14. The molecule has 0 unspecified atom stereocenters. The Morgan fingerprint density at radius 1 is 1.25 bits per heavy atom. The molecule has 7 nitrogen and oxygen atoms in total. The molecular formula is C19H18F2N4O3. The topological polar surface area (TPSA) is 77.7 Å². The van der Waals surface area contributed by atoms with Crippen molar-refractivity contribution in [2.24, 2.45) is 5.10 Å². The van der Waals surface area contributed by atoms with Crippen molar-refractivity contribution < 1.29 is 18.3 Å². The van der Waals surface area contributed by atoms with Crippen molar-refractivity contribution >= 4 is 23.1 Å². The number of methoxy groups -OCH3 is 1. The molecule has 2 aromatic carbocycles. The summed E-state index contributed by atoms with van der Waals surface area (Å²) in [4.78, 5) is 17.0. The highest BCUT2D eigenvalue weighted by atomic mass is 19.3. The van der Waals surface area contributed by atoms with Gasteiger partial charge in [0, 0.05) is 12.1 Å². The number of nitrogens with one attached hydrogen (secondary N) is 1. The third kappa shape index (κ3) is 3.93. The van der Waals surface area contributed by atoms with E-state index >= 15 is 0 Å². The molecule has 0 aliphatic carbocycles. The molecule has 0 saturated heterocycles. The summed E-state index contributed by atoms with van der Waals surface area (Å²) in [7, 11) is 1.35. The van der Waals surface area contributed by atoms with Gasteiger partial charge < -0.3 is 9.47 Å². The number of hydrogen-bond acceptors (Lipinski definition) is 6. The number of hydrogen-bond donors (Lipinski definition) is 1. The smallest absolute Gasteiger partial charge is 0.387 e. The number of para-hydroxylation sites is 2. The molecule has 3 aromatic rings. The van der Waals surface area contributed by atoms with Crippen LogP contribution in [0.4, 0.5) is 14.7 Å². The Morgan fingerprint density at radius 3 is 2.75 bits per heavy atom. The zero-order chi connectivity index (χ0) is 20.1. The van der Waals surface area contributed by atoms with Crippen LogP contribution < -0.4 is 20.5 Å². The molecule has 0 atom stereocenters. The van der Waals surface area contributed by atoms with E-state index < -0.39 is 6.61 Å². The van der Waals surface area contributed by atoms with Crippen LogP contribution in [0.25, 0.3) is 10.9 Å². The third-order valence-electron chi connectivity index (χ3n) is 3.98. The van der Waals surface area contributed by atoms with Gasteiger partial charge in [0.05, 0.1) is 24.2 Å². The Bertz CT molecular complexity index is 1070. The summed E-state index contributed by atoms with van der Waals surface area (Å²) in [6.07, 6.45) is 1.29. The van der Waals surface area contributed by atoms with Crippen molar-refractivity contribution in [2.75, 3.05) is 12.5 Å². The standard InChI is InChI=1S/C19H18F2N4O3/c1-3-25-17(26)13-8-4-5-9-14(13)23-19(25)24-22-11-12-7-6-10-15(27-2)16(12)28-18(20)21/h4-11,18H,3H2,1-2H3,(H,23,24)/b22-11-. The van der Waals surface area contributed by atoms with Gasteiger partial charge in [-0.2, -0.15) is 13.9 Å². The Labute approximate surface area is 159 Å². The molecule has 0 bridgehead atoms. The van der Waals surface area contributed by atoms with E-state index in [2.05, 4.69) is 20.2 Å². The summed E-state index contributed by atoms with van der Waals surface area (Å²) >= 11 is 0. The van der Waals surface area contributed by atoms with Crippen molar-refractivity contribution in [3.63, 3.8) is 0 Å². The van der Waals surface area contributed by atoms with Crippen LogP contribution in [0.3, 0.4) is 0 Å². The van der Waals surface area contributed by atoms with E-state index in [9.17, 15) is 13.6 Å². The second-order valence-corrected chi connectivity index (χ2v) is 5.63. The minimum absolute atomic E-state index is 0.134. The van der Waals surface area contributed by atoms with E-state index in [1.807, 2.05) is 6.92 Å². The van der Waals surface area contributed by atoms with Gasteiger partial charge in [0.25, 0.3) is 5.56 Å². The fourth-order valence-corrected chi connectivity index (χ4v) is 2.72. The highest BCUT2D eigenvalue weighted by molar-refractivity contribution is 5.85. The molecule has 9 heteroatoms. The molecule has 1 heterocycles. The lowest BCUT2D eigenvalue weighted by molar-refractivity contribution is -0.0513. The molecule has 1 N–H and O–H groups in total. The number of alkyl halides is 2. The number of hydrazone groups is 1. The van der Waals surface area contributed by atoms with Gasteiger partial charge in [0.15, 0.2) is 11.5 Å². The van der Waals surface area contributed by atoms with E-state index in [0.29, 0.717) is 17.4 Å². The number of aromatic nitrogens is 2. The second kappa shape index (κ2) is 8.47. The number of halogens is 2. The van der Waals surface area contributed by atoms with Crippen LogP contribution in [0.5, 0.6) is 11.5 Å². The van der Waals surface area contributed by atoms with Crippen LogP contribution in [0, 0.1) is 0 Å². The second-order valence-electron chi connectivity index (χ2n) is 5.63. The average Bonchev–Trinajstić information content (AvgIpc) is 2.69. The van der Waals surface area contributed by atoms with Gasteiger partial charge in [-0.15, -0.1) is 0 Å². The van der Waals surface area contributed by atoms with Gasteiger partial charge in [0.1, 0.15) is 0 Å². The number of ether oxygens (including phenoxy) is 2. The first-order valence-electron chi connectivity index (χ1n) is 8.45. The van der Waals surface area contributed by atoms with Gasteiger partial charge in [-0.25, -0.2) is 10.4 Å². The summed E-state index contributed by atoms with van der Waals surface area (Å²) in [5.74, 6) is 0.255. The molecule has 28 heavy (non-hydrogen) atoms. The Hall–Kier alpha value is -3.49. The zero-order valence-electron chi connectivity index (χ0n) is 15.2. The quantitative estimate of drug-likeness (QED) is 0.495. The van der Waals surface area contributed by atoms with Crippen molar-refractivity contribution in [3.8, 4) is 11.5 Å². The van der Waals surface area contributed by atoms with E-state index in [1.54, 1.807) is 36.4 Å². The van der Waals surface area contributed by atoms with Crippen LogP contribution in [0.15, 0.2) is 52.4 Å². The van der Waals surface area contributed by atoms with Gasteiger partial charge in [-0.1, -0.05) is 18.2 Å². The summed E-state index contributed by atoms with van der Waals surface area (Å²) in [5, 5.41) is 4.53. The SMILES string of the molecule is CCn1c(N/N=C\c2cccc(OC)c2OC(F)F)nc2ccccc2c1=O. The lowest BCUT2D eigenvalue weighted by Crippen LogP contribution is -2.23. The van der Waals surface area contributed by atoms with E-state index in [4.69, 9.17) is 4.74 Å². The van der Waals surface area contributed by atoms with Crippen molar-refractivity contribution in [2.45, 2.75) is 20.1 Å². The fraction of sp³-hybridized carbons (Fsp3) is 0.211. The van der Waals surface area contributed by atoms with Gasteiger partial charge in [-0.3, -0.25) is 9.36 Å². The summed E-state index contributed by atoms with van der Waals surface area (Å²) in [6, 6.07) is 11.6. The van der Waals surface area contributed by atoms with Crippen LogP contribution in [-0.2, 0) is 6.54 Å². The monoisotopic (exact) mass is 388 g/mol. The van der Waals surface area contributed by atoms with E-state index in [-0.39, 0.29) is 28.6 Å². The minimum atomic E-state index is -3.01. The first-order valence-corrected chi connectivity index (χ1v) is 8.45. The first-order chi connectivity index (χ1) is 13.5. The molecule has 0 aliphatic heterocycles. The van der Waals surface area contributed by atoms with Gasteiger partial charge in [-0.05, 0) is 31.2 Å². The zero-order valence-corrected chi connectivity index (χ0v) is 15.2. The van der Waals surface area contributed by atoms with Crippen molar-refractivity contribution in [3.05, 3.63) is 58.4 Å². The molecule has 146 valence electrons. The number of anilines is 1. The number of fused-ring (bicyclic) bond motifs is 1. The fourth-order valence-electron chi connectivity index (χ4n) is 2.72. The van der Waals surface area contributed by atoms with Crippen LogP contribution in [0.2, 0.25) is 0 Å². The molecule has 1 aromatic heterocycles. The molecule has 0 saturated carbocycles. The minimum Gasteiger partial charge on any atom is -0.493 e. The maximum Gasteiger partial charge on any atom is 0.387 e. The maximum absolute atomic E-state index is 12.7. The average molecular weight is 388 g/mol. The molecule has 3 rings (SSSR count). The van der Waals surface area contributed by atoms with E-state index in [0.717, 1.165) is 0 Å². The number of nitrogens with zero attached hydrogens (tertiary/aromatic N) is 3. The highest BCUT2D eigenvalue weighted by Crippen LogP contribution is 2.31. The Balaban J connectivity index is 1.95. The molecule has 0 aliphatic rings. The van der Waals surface area contributed by atoms with Crippen molar-refractivity contribution in [1.29, 1.82) is 0 Å².